The Bertz CT molecular complexity index is 1080. The van der Waals surface area contributed by atoms with E-state index in [-0.39, 0.29) is 33.2 Å². The molecule has 4 rings (SSSR count). The van der Waals surface area contributed by atoms with Gasteiger partial charge >= 0.3 is 8.80 Å². The number of nitrogens with one attached hydrogen (secondary N) is 3. The van der Waals surface area contributed by atoms with E-state index in [0.29, 0.717) is 0 Å². The van der Waals surface area contributed by atoms with Crippen molar-refractivity contribution in [3.05, 3.63) is 65.8 Å². The van der Waals surface area contributed by atoms with Gasteiger partial charge in [-0.25, -0.2) is 0 Å². The first kappa shape index (κ1) is 30.9. The Labute approximate surface area is 244 Å². The van der Waals surface area contributed by atoms with Crippen LogP contribution in [0.4, 0.5) is 0 Å². The Morgan fingerprint density at radius 2 is 0.800 bits per heavy atom. The minimum absolute atomic E-state index is 0.138. The summed E-state index contributed by atoms with van der Waals surface area (Å²) in [5.74, 6) is 2.72. The highest BCUT2D eigenvalue weighted by atomic mass is 28.4. The molecular weight excluding hydrogens is 514 g/mol. The highest BCUT2D eigenvalue weighted by molar-refractivity contribution is 6.76. The highest BCUT2D eigenvalue weighted by Crippen LogP contribution is 2.37. The maximum absolute atomic E-state index is 7.21. The molecule has 7 heteroatoms. The SMILES string of the molecule is CC1(C)C=C(O[Si](OC2=CC(C)(C)NC(C)(C)C2)(OC2=CC(C)(C)NC(C)(C)C2)c2ccccc2)CC(C)(C)N1. The van der Waals surface area contributed by atoms with Crippen molar-refractivity contribution in [1.82, 2.24) is 16.0 Å². The molecule has 3 N–H and O–H groups in total. The zero-order chi connectivity index (χ0) is 29.8. The molecular formula is C33H53N3O3Si. The molecule has 1 aromatic rings. The fraction of sp³-hybridized carbons (Fsp3) is 0.636. The van der Waals surface area contributed by atoms with Gasteiger partial charge in [0.15, 0.2) is 0 Å². The van der Waals surface area contributed by atoms with Gasteiger partial charge in [-0.1, -0.05) is 30.3 Å². The van der Waals surface area contributed by atoms with Gasteiger partial charge in [-0.15, -0.1) is 0 Å². The summed E-state index contributed by atoms with van der Waals surface area (Å²) >= 11 is 0. The van der Waals surface area contributed by atoms with Crippen molar-refractivity contribution < 1.29 is 13.3 Å². The van der Waals surface area contributed by atoms with E-state index < -0.39 is 8.80 Å². The first-order chi connectivity index (χ1) is 18.1. The van der Waals surface area contributed by atoms with Crippen molar-refractivity contribution in [2.24, 2.45) is 0 Å². The topological polar surface area (TPSA) is 63.8 Å². The van der Waals surface area contributed by atoms with E-state index >= 15 is 0 Å². The summed E-state index contributed by atoms with van der Waals surface area (Å²) in [6, 6.07) is 10.3. The van der Waals surface area contributed by atoms with E-state index in [1.165, 1.54) is 0 Å². The van der Waals surface area contributed by atoms with Crippen LogP contribution in [0.1, 0.15) is 102 Å². The zero-order valence-electron chi connectivity index (χ0n) is 27.0. The van der Waals surface area contributed by atoms with Gasteiger partial charge in [0.05, 0.1) is 22.5 Å². The largest absolute Gasteiger partial charge is 0.736 e. The van der Waals surface area contributed by atoms with Crippen LogP contribution in [-0.2, 0) is 13.3 Å². The second-order valence-electron chi connectivity index (χ2n) is 15.8. The lowest BCUT2D eigenvalue weighted by Crippen LogP contribution is -2.61. The van der Waals surface area contributed by atoms with Crippen LogP contribution >= 0.6 is 0 Å². The van der Waals surface area contributed by atoms with Crippen LogP contribution in [0.3, 0.4) is 0 Å². The number of hydrogen-bond donors (Lipinski definition) is 3. The minimum Gasteiger partial charge on any atom is -0.484 e. The van der Waals surface area contributed by atoms with Crippen molar-refractivity contribution in [2.45, 2.75) is 136 Å². The summed E-state index contributed by atoms with van der Waals surface area (Å²) in [5.41, 5.74) is -1.11. The summed E-state index contributed by atoms with van der Waals surface area (Å²) in [4.78, 5) is 0. The third-order valence-corrected chi connectivity index (χ3v) is 9.95. The summed E-state index contributed by atoms with van der Waals surface area (Å²) in [5, 5.41) is 12.1. The van der Waals surface area contributed by atoms with Crippen molar-refractivity contribution in [1.29, 1.82) is 0 Å². The van der Waals surface area contributed by atoms with Crippen LogP contribution < -0.4 is 21.1 Å². The van der Waals surface area contributed by atoms with Gasteiger partial charge in [-0.05, 0) is 101 Å². The molecule has 222 valence electrons. The molecule has 0 amide bonds. The molecule has 6 nitrogen and oxygen atoms in total. The highest BCUT2D eigenvalue weighted by Gasteiger charge is 2.56. The first-order valence-corrected chi connectivity index (χ1v) is 16.5. The lowest BCUT2D eigenvalue weighted by atomic mass is 9.87. The maximum Gasteiger partial charge on any atom is 0.736 e. The number of hydrogen-bond acceptors (Lipinski definition) is 6. The van der Waals surface area contributed by atoms with Crippen LogP contribution in [0.25, 0.3) is 0 Å². The van der Waals surface area contributed by atoms with Crippen molar-refractivity contribution >= 4 is 14.0 Å². The van der Waals surface area contributed by atoms with Crippen molar-refractivity contribution in [2.75, 3.05) is 0 Å². The van der Waals surface area contributed by atoms with Crippen LogP contribution in [0.5, 0.6) is 0 Å². The molecule has 3 aliphatic rings. The Balaban J connectivity index is 1.88. The average molecular weight is 568 g/mol. The predicted molar refractivity (Wildman–Crippen MR) is 167 cm³/mol. The van der Waals surface area contributed by atoms with Crippen molar-refractivity contribution in [3.8, 4) is 0 Å². The van der Waals surface area contributed by atoms with Crippen LogP contribution in [-0.4, -0.2) is 42.0 Å². The van der Waals surface area contributed by atoms with Gasteiger partial charge in [0, 0.05) is 52.5 Å². The third-order valence-electron chi connectivity index (χ3n) is 7.32. The molecule has 0 saturated heterocycles. The minimum atomic E-state index is -3.60. The maximum atomic E-state index is 7.21. The van der Waals surface area contributed by atoms with E-state index in [9.17, 15) is 0 Å². The molecule has 0 atom stereocenters. The number of benzene rings is 1. The lowest BCUT2D eigenvalue weighted by molar-refractivity contribution is 0.110. The standard InChI is InChI=1S/C33H53N3O3Si/c1-28(2)18-24(19-29(3,4)34-28)37-40(27-16-14-13-15-17-27,38-25-20-30(5,6)35-31(7,8)21-25)39-26-22-32(9,10)36-33(11,12)23-26/h13-18,20,22,34-36H,19,21,23H2,1-12H3. The molecule has 0 bridgehead atoms. The molecule has 0 fully saturated rings. The van der Waals surface area contributed by atoms with Gasteiger partial charge < -0.3 is 29.2 Å². The molecule has 0 spiro atoms. The van der Waals surface area contributed by atoms with Crippen molar-refractivity contribution in [3.63, 3.8) is 0 Å². The molecule has 3 heterocycles. The summed E-state index contributed by atoms with van der Waals surface area (Å²) in [7, 11) is -3.60. The van der Waals surface area contributed by atoms with E-state index in [2.05, 4.69) is 129 Å². The molecule has 0 aliphatic carbocycles. The Kier molecular flexibility index (Phi) is 7.75. The lowest BCUT2D eigenvalue weighted by Gasteiger charge is -2.46. The molecule has 1 aromatic carbocycles. The Morgan fingerprint density at radius 1 is 0.500 bits per heavy atom. The van der Waals surface area contributed by atoms with E-state index in [1.807, 2.05) is 18.2 Å². The van der Waals surface area contributed by atoms with Crippen LogP contribution in [0.2, 0.25) is 0 Å². The fourth-order valence-electron chi connectivity index (χ4n) is 7.12. The smallest absolute Gasteiger partial charge is 0.484 e. The second-order valence-corrected chi connectivity index (χ2v) is 18.1. The molecule has 0 unspecified atom stereocenters. The third kappa shape index (κ3) is 7.81. The van der Waals surface area contributed by atoms with Crippen LogP contribution in [0.15, 0.2) is 65.8 Å². The summed E-state index contributed by atoms with van der Waals surface area (Å²) < 4.78 is 21.6. The molecule has 0 aromatic heterocycles. The normalized spacial score (nSPS) is 26.1. The predicted octanol–water partition coefficient (Wildman–Crippen LogP) is 6.19. The second kappa shape index (κ2) is 10.0. The molecule has 3 aliphatic heterocycles. The van der Waals surface area contributed by atoms with Gasteiger partial charge in [-0.3, -0.25) is 0 Å². The summed E-state index contributed by atoms with van der Waals surface area (Å²) in [6.07, 6.45) is 8.81. The molecule has 40 heavy (non-hydrogen) atoms. The first-order valence-electron chi connectivity index (χ1n) is 14.7. The van der Waals surface area contributed by atoms with Crippen LogP contribution in [0, 0.1) is 0 Å². The Morgan fingerprint density at radius 3 is 1.07 bits per heavy atom. The van der Waals surface area contributed by atoms with Gasteiger partial charge in [-0.2, -0.15) is 0 Å². The molecule has 0 radical (unpaired) electrons. The van der Waals surface area contributed by atoms with Gasteiger partial charge in [0.1, 0.15) is 0 Å². The zero-order valence-corrected chi connectivity index (χ0v) is 28.0. The average Bonchev–Trinajstić information content (AvgIpc) is 2.67. The molecule has 0 saturated carbocycles. The van der Waals surface area contributed by atoms with Gasteiger partial charge in [0.2, 0.25) is 0 Å². The number of rotatable bonds is 7. The monoisotopic (exact) mass is 567 g/mol. The van der Waals surface area contributed by atoms with Gasteiger partial charge in [0.25, 0.3) is 0 Å². The van der Waals surface area contributed by atoms with E-state index in [1.54, 1.807) is 0 Å². The summed E-state index contributed by atoms with van der Waals surface area (Å²) in [6.45, 7) is 26.4. The Hall–Kier alpha value is -2.06. The quantitative estimate of drug-likeness (QED) is 0.342. The van der Waals surface area contributed by atoms with E-state index in [0.717, 1.165) is 41.7 Å². The fourth-order valence-corrected chi connectivity index (χ4v) is 9.63. The van der Waals surface area contributed by atoms with E-state index in [4.69, 9.17) is 13.3 Å².